The van der Waals surface area contributed by atoms with Crippen molar-refractivity contribution in [2.45, 2.75) is 39.0 Å². The highest BCUT2D eigenvalue weighted by molar-refractivity contribution is 6.36. The van der Waals surface area contributed by atoms with Crippen LogP contribution in [0.5, 0.6) is 5.75 Å². The molecule has 0 aromatic heterocycles. The van der Waals surface area contributed by atoms with Crippen molar-refractivity contribution in [2.24, 2.45) is 0 Å². The number of benzene rings is 3. The lowest BCUT2D eigenvalue weighted by Gasteiger charge is -2.19. The molecular weight excluding hydrogens is 446 g/mol. The molecular formula is C24H22Cl4O. The Morgan fingerprint density at radius 2 is 1.14 bits per heavy atom. The van der Waals surface area contributed by atoms with Crippen LogP contribution < -0.4 is 0 Å². The van der Waals surface area contributed by atoms with Crippen molar-refractivity contribution in [3.05, 3.63) is 96.4 Å². The van der Waals surface area contributed by atoms with E-state index in [9.17, 15) is 5.11 Å². The van der Waals surface area contributed by atoms with Gasteiger partial charge >= 0.3 is 0 Å². The van der Waals surface area contributed by atoms with E-state index in [0.29, 0.717) is 32.9 Å². The van der Waals surface area contributed by atoms with Crippen LogP contribution in [0.1, 0.15) is 47.6 Å². The molecule has 0 aliphatic heterocycles. The average molecular weight is 468 g/mol. The number of phenols is 1. The summed E-state index contributed by atoms with van der Waals surface area (Å²) in [4.78, 5) is 0. The van der Waals surface area contributed by atoms with E-state index in [4.69, 9.17) is 46.4 Å². The van der Waals surface area contributed by atoms with Gasteiger partial charge in [0.05, 0.1) is 0 Å². The van der Waals surface area contributed by atoms with Crippen LogP contribution in [0.3, 0.4) is 0 Å². The summed E-state index contributed by atoms with van der Waals surface area (Å²) < 4.78 is 0. The number of phenolic OH excluding ortho intramolecular Hbond substituents is 1. The number of rotatable bonds is 7. The SMILES string of the molecule is CCCCc1ccc(O)c(Cc2c(Cl)cccc2Cl)c1Cc1c(Cl)cccc1Cl. The molecule has 1 N–H and O–H groups in total. The summed E-state index contributed by atoms with van der Waals surface area (Å²) >= 11 is 25.7. The van der Waals surface area contributed by atoms with Gasteiger partial charge in [-0.15, -0.1) is 0 Å². The lowest BCUT2D eigenvalue weighted by molar-refractivity contribution is 0.468. The van der Waals surface area contributed by atoms with Crippen molar-refractivity contribution >= 4 is 46.4 Å². The molecule has 3 rings (SSSR count). The Morgan fingerprint density at radius 1 is 0.655 bits per heavy atom. The molecule has 152 valence electrons. The number of hydrogen-bond donors (Lipinski definition) is 1. The van der Waals surface area contributed by atoms with E-state index in [2.05, 4.69) is 6.92 Å². The fourth-order valence-electron chi connectivity index (χ4n) is 3.50. The Bertz CT molecular complexity index is 974. The monoisotopic (exact) mass is 466 g/mol. The molecule has 29 heavy (non-hydrogen) atoms. The summed E-state index contributed by atoms with van der Waals surface area (Å²) in [6, 6.07) is 14.7. The lowest BCUT2D eigenvalue weighted by Crippen LogP contribution is -2.05. The van der Waals surface area contributed by atoms with Crippen LogP contribution in [0.15, 0.2) is 48.5 Å². The Kier molecular flexibility index (Phi) is 7.76. The van der Waals surface area contributed by atoms with Crippen LogP contribution in [0, 0.1) is 0 Å². The van der Waals surface area contributed by atoms with E-state index in [-0.39, 0.29) is 5.75 Å². The van der Waals surface area contributed by atoms with E-state index in [0.717, 1.165) is 41.5 Å². The Morgan fingerprint density at radius 3 is 1.62 bits per heavy atom. The van der Waals surface area contributed by atoms with Gasteiger partial charge < -0.3 is 5.11 Å². The Labute approximate surface area is 192 Å². The summed E-state index contributed by atoms with van der Waals surface area (Å²) in [5.74, 6) is 0.222. The van der Waals surface area contributed by atoms with Crippen LogP contribution in [0.2, 0.25) is 20.1 Å². The third kappa shape index (κ3) is 5.22. The number of halogens is 4. The van der Waals surface area contributed by atoms with Gasteiger partial charge in [0.1, 0.15) is 5.75 Å². The van der Waals surface area contributed by atoms with Crippen molar-refractivity contribution in [1.29, 1.82) is 0 Å². The first kappa shape index (κ1) is 22.3. The molecule has 0 atom stereocenters. The highest BCUT2D eigenvalue weighted by atomic mass is 35.5. The zero-order valence-corrected chi connectivity index (χ0v) is 19.1. The van der Waals surface area contributed by atoms with Crippen molar-refractivity contribution in [2.75, 3.05) is 0 Å². The van der Waals surface area contributed by atoms with Crippen molar-refractivity contribution in [3.63, 3.8) is 0 Å². The molecule has 0 aliphatic carbocycles. The van der Waals surface area contributed by atoms with Crippen LogP contribution in [0.4, 0.5) is 0 Å². The number of unbranched alkanes of at least 4 members (excludes halogenated alkanes) is 1. The first-order valence-electron chi connectivity index (χ1n) is 9.60. The maximum atomic E-state index is 10.7. The number of aromatic hydroxyl groups is 1. The number of aryl methyl sites for hydroxylation is 1. The largest absolute Gasteiger partial charge is 0.508 e. The molecule has 0 aliphatic rings. The van der Waals surface area contributed by atoms with Crippen LogP contribution in [-0.2, 0) is 19.3 Å². The summed E-state index contributed by atoms with van der Waals surface area (Å²) in [5, 5.41) is 13.1. The Balaban J connectivity index is 2.14. The van der Waals surface area contributed by atoms with Crippen LogP contribution >= 0.6 is 46.4 Å². The van der Waals surface area contributed by atoms with Crippen LogP contribution in [0.25, 0.3) is 0 Å². The van der Waals surface area contributed by atoms with Gasteiger partial charge in [0.2, 0.25) is 0 Å². The van der Waals surface area contributed by atoms with Gasteiger partial charge in [-0.05, 0) is 65.4 Å². The van der Waals surface area contributed by atoms with Crippen molar-refractivity contribution < 1.29 is 5.11 Å². The maximum absolute atomic E-state index is 10.7. The second kappa shape index (κ2) is 10.1. The quantitative estimate of drug-likeness (QED) is 0.369. The summed E-state index contributed by atoms with van der Waals surface area (Å²) in [5.41, 5.74) is 4.67. The third-order valence-electron chi connectivity index (χ3n) is 5.13. The topological polar surface area (TPSA) is 20.2 Å². The standard InChI is InChI=1S/C24H22Cl4O/c1-2-3-6-15-11-12-24(29)17(14-19-22(27)9-5-10-23(19)28)16(15)13-18-20(25)7-4-8-21(18)26/h4-5,7-12,29H,2-3,6,13-14H2,1H3. The highest BCUT2D eigenvalue weighted by Gasteiger charge is 2.19. The summed E-state index contributed by atoms with van der Waals surface area (Å²) in [6.07, 6.45) is 4.02. The van der Waals surface area contributed by atoms with Gasteiger partial charge in [-0.1, -0.05) is 77.9 Å². The van der Waals surface area contributed by atoms with E-state index in [1.807, 2.05) is 42.5 Å². The Hall–Kier alpha value is -1.38. The molecule has 5 heteroatoms. The highest BCUT2D eigenvalue weighted by Crippen LogP contribution is 2.36. The summed E-state index contributed by atoms with van der Waals surface area (Å²) in [7, 11) is 0. The van der Waals surface area contributed by atoms with E-state index >= 15 is 0 Å². The van der Waals surface area contributed by atoms with E-state index in [1.165, 1.54) is 5.56 Å². The molecule has 3 aromatic carbocycles. The van der Waals surface area contributed by atoms with E-state index < -0.39 is 0 Å². The lowest BCUT2D eigenvalue weighted by atomic mass is 9.88. The number of hydrogen-bond acceptors (Lipinski definition) is 1. The molecule has 0 radical (unpaired) electrons. The molecule has 0 spiro atoms. The third-order valence-corrected chi connectivity index (χ3v) is 6.55. The smallest absolute Gasteiger partial charge is 0.119 e. The molecule has 0 bridgehead atoms. The molecule has 0 unspecified atom stereocenters. The molecule has 0 fully saturated rings. The van der Waals surface area contributed by atoms with Gasteiger partial charge in [0, 0.05) is 38.5 Å². The molecule has 0 amide bonds. The van der Waals surface area contributed by atoms with Gasteiger partial charge in [-0.25, -0.2) is 0 Å². The van der Waals surface area contributed by atoms with E-state index in [1.54, 1.807) is 6.07 Å². The maximum Gasteiger partial charge on any atom is 0.119 e. The molecule has 0 heterocycles. The molecule has 0 saturated heterocycles. The van der Waals surface area contributed by atoms with Gasteiger partial charge in [-0.3, -0.25) is 0 Å². The molecule has 1 nitrogen and oxygen atoms in total. The minimum atomic E-state index is 0.222. The first-order valence-corrected chi connectivity index (χ1v) is 11.1. The zero-order chi connectivity index (χ0) is 21.0. The van der Waals surface area contributed by atoms with Crippen molar-refractivity contribution in [3.8, 4) is 5.75 Å². The predicted molar refractivity (Wildman–Crippen MR) is 125 cm³/mol. The second-order valence-corrected chi connectivity index (χ2v) is 8.69. The fourth-order valence-corrected chi connectivity index (χ4v) is 4.57. The predicted octanol–water partition coefficient (Wildman–Crippen LogP) is 8.53. The van der Waals surface area contributed by atoms with Gasteiger partial charge in [0.25, 0.3) is 0 Å². The normalized spacial score (nSPS) is 11.1. The average Bonchev–Trinajstić information content (AvgIpc) is 2.68. The minimum Gasteiger partial charge on any atom is -0.508 e. The zero-order valence-electron chi connectivity index (χ0n) is 16.1. The second-order valence-electron chi connectivity index (χ2n) is 7.06. The summed E-state index contributed by atoms with van der Waals surface area (Å²) in [6.45, 7) is 2.16. The minimum absolute atomic E-state index is 0.222. The van der Waals surface area contributed by atoms with Gasteiger partial charge in [0.15, 0.2) is 0 Å². The van der Waals surface area contributed by atoms with Crippen LogP contribution in [-0.4, -0.2) is 5.11 Å². The molecule has 3 aromatic rings. The first-order chi connectivity index (χ1) is 13.9. The van der Waals surface area contributed by atoms with Crippen molar-refractivity contribution in [1.82, 2.24) is 0 Å². The molecule has 0 saturated carbocycles. The fraction of sp³-hybridized carbons (Fsp3) is 0.250. The van der Waals surface area contributed by atoms with Gasteiger partial charge in [-0.2, -0.15) is 0 Å².